The molecule has 2 rings (SSSR count). The lowest BCUT2D eigenvalue weighted by atomic mass is 10.0. The second-order valence-corrected chi connectivity index (χ2v) is 10.8. The van der Waals surface area contributed by atoms with E-state index >= 15 is 0 Å². The summed E-state index contributed by atoms with van der Waals surface area (Å²) in [5, 5.41) is 36.8. The van der Waals surface area contributed by atoms with Crippen LogP contribution in [-0.2, 0) is 35.2 Å². The molecule has 0 aromatic heterocycles. The predicted molar refractivity (Wildman–Crippen MR) is 169 cm³/mol. The van der Waals surface area contributed by atoms with Crippen molar-refractivity contribution in [1.82, 2.24) is 42.5 Å². The van der Waals surface area contributed by atoms with Gasteiger partial charge in [-0.15, -0.1) is 0 Å². The lowest BCUT2D eigenvalue weighted by Crippen LogP contribution is -2.58. The van der Waals surface area contributed by atoms with Gasteiger partial charge in [-0.25, -0.2) is 4.79 Å². The topological polar surface area (TPSA) is 286 Å². The first kappa shape index (κ1) is 37.8. The van der Waals surface area contributed by atoms with Crippen LogP contribution in [0, 0.1) is 5.41 Å². The first-order chi connectivity index (χ1) is 22.4. The zero-order valence-corrected chi connectivity index (χ0v) is 26.1. The van der Waals surface area contributed by atoms with Crippen molar-refractivity contribution < 1.29 is 38.7 Å². The molecule has 1 aromatic carbocycles. The molecule has 0 aliphatic carbocycles. The lowest BCUT2D eigenvalue weighted by molar-refractivity contribution is -0.141. The molecule has 1 aliphatic rings. The third kappa shape index (κ3) is 14.5. The van der Waals surface area contributed by atoms with Gasteiger partial charge in [-0.05, 0) is 37.7 Å². The van der Waals surface area contributed by atoms with E-state index in [1.807, 2.05) is 0 Å². The van der Waals surface area contributed by atoms with E-state index in [2.05, 4.69) is 42.5 Å². The molecule has 0 saturated carbocycles. The molecule has 7 amide bonds. The standard InChI is InChI=1S/C29H44N10O8/c1-32-29(47)34-12-6-5-10-19-25(44)37-18(11-7-13-33-28(30)31)24(43)35-16-22(40)36-21(15-23(41)42)27(46)39-20(26(45)38-19)14-17-8-3-2-4-9-17/h2-4,8-9,18-21H,5-7,10-16H2,1H3,(H,35,43)(H,36,40)(H,37,44)(H,38,45)(H,39,46)(H,41,42)(H4,30,31,33)(H2,32,34,47)/t18-,19-,20+,21-/m1/s1. The quantitative estimate of drug-likeness (QED) is 0.0584. The second-order valence-electron chi connectivity index (χ2n) is 10.8. The Labute approximate surface area is 271 Å². The van der Waals surface area contributed by atoms with Crippen LogP contribution in [0.5, 0.6) is 0 Å². The van der Waals surface area contributed by atoms with E-state index in [-0.39, 0.29) is 50.8 Å². The number of nitrogens with one attached hydrogen (secondary N) is 9. The Balaban J connectivity index is 2.41. The van der Waals surface area contributed by atoms with E-state index in [4.69, 9.17) is 11.1 Å². The van der Waals surface area contributed by atoms with Crippen LogP contribution in [0.4, 0.5) is 4.79 Å². The number of hydrogen-bond donors (Lipinski definition) is 11. The van der Waals surface area contributed by atoms with Crippen molar-refractivity contribution in [2.75, 3.05) is 26.7 Å². The molecule has 0 bridgehead atoms. The first-order valence-electron chi connectivity index (χ1n) is 15.2. The second kappa shape index (κ2) is 19.9. The van der Waals surface area contributed by atoms with Crippen LogP contribution < -0.4 is 48.3 Å². The van der Waals surface area contributed by atoms with Crippen molar-refractivity contribution in [3.05, 3.63) is 35.9 Å². The van der Waals surface area contributed by atoms with Gasteiger partial charge in [0.25, 0.3) is 0 Å². The number of carbonyl (C=O) groups is 7. The maximum absolute atomic E-state index is 13.7. The number of aliphatic carboxylic acids is 1. The average molecular weight is 661 g/mol. The predicted octanol–water partition coefficient (Wildman–Crippen LogP) is -2.86. The molecule has 0 spiro atoms. The molecule has 47 heavy (non-hydrogen) atoms. The number of guanidine groups is 1. The fourth-order valence-corrected chi connectivity index (χ4v) is 4.63. The third-order valence-corrected chi connectivity index (χ3v) is 7.05. The molecular weight excluding hydrogens is 616 g/mol. The van der Waals surface area contributed by atoms with Gasteiger partial charge in [-0.1, -0.05) is 30.3 Å². The van der Waals surface area contributed by atoms with Crippen molar-refractivity contribution in [2.45, 2.75) is 69.1 Å². The molecule has 1 heterocycles. The summed E-state index contributed by atoms with van der Waals surface area (Å²) in [4.78, 5) is 89.4. The van der Waals surface area contributed by atoms with E-state index in [0.717, 1.165) is 0 Å². The highest BCUT2D eigenvalue weighted by atomic mass is 16.4. The van der Waals surface area contributed by atoms with Gasteiger partial charge in [0.2, 0.25) is 29.5 Å². The van der Waals surface area contributed by atoms with Crippen LogP contribution in [0.25, 0.3) is 0 Å². The Morgan fingerprint density at radius 2 is 1.38 bits per heavy atom. The van der Waals surface area contributed by atoms with Gasteiger partial charge in [0.05, 0.1) is 13.0 Å². The largest absolute Gasteiger partial charge is 0.481 e. The lowest BCUT2D eigenvalue weighted by Gasteiger charge is -2.26. The molecule has 18 nitrogen and oxygen atoms in total. The van der Waals surface area contributed by atoms with Gasteiger partial charge < -0.3 is 53.4 Å². The number of hydrogen-bond acceptors (Lipinski definition) is 8. The van der Waals surface area contributed by atoms with Crippen LogP contribution >= 0.6 is 0 Å². The van der Waals surface area contributed by atoms with Gasteiger partial charge in [-0.3, -0.25) is 34.2 Å². The van der Waals surface area contributed by atoms with E-state index in [9.17, 15) is 38.7 Å². The summed E-state index contributed by atoms with van der Waals surface area (Å²) in [6.45, 7) is -0.138. The molecule has 1 fully saturated rings. The van der Waals surface area contributed by atoms with Crippen molar-refractivity contribution in [2.24, 2.45) is 5.73 Å². The van der Waals surface area contributed by atoms with Crippen molar-refractivity contribution in [3.63, 3.8) is 0 Å². The molecule has 0 radical (unpaired) electrons. The van der Waals surface area contributed by atoms with Crippen LogP contribution in [0.1, 0.15) is 44.1 Å². The van der Waals surface area contributed by atoms with Gasteiger partial charge in [-0.2, -0.15) is 0 Å². The van der Waals surface area contributed by atoms with Crippen molar-refractivity contribution in [3.8, 4) is 0 Å². The first-order valence-corrected chi connectivity index (χ1v) is 15.2. The summed E-state index contributed by atoms with van der Waals surface area (Å²) in [5.74, 6) is -5.70. The van der Waals surface area contributed by atoms with Gasteiger partial charge in [0.1, 0.15) is 24.2 Å². The van der Waals surface area contributed by atoms with E-state index in [1.54, 1.807) is 30.3 Å². The minimum absolute atomic E-state index is 0.0254. The molecule has 1 aromatic rings. The Kier molecular flexibility index (Phi) is 16.0. The third-order valence-electron chi connectivity index (χ3n) is 7.05. The molecule has 1 saturated heterocycles. The molecule has 1 aliphatic heterocycles. The monoisotopic (exact) mass is 660 g/mol. The van der Waals surface area contributed by atoms with Crippen molar-refractivity contribution in [1.29, 1.82) is 5.41 Å². The summed E-state index contributed by atoms with van der Waals surface area (Å²) < 4.78 is 0. The maximum atomic E-state index is 13.7. The van der Waals surface area contributed by atoms with Crippen molar-refractivity contribution >= 4 is 47.5 Å². The van der Waals surface area contributed by atoms with E-state index < -0.39 is 72.6 Å². The Morgan fingerprint density at radius 3 is 2.02 bits per heavy atom. The minimum Gasteiger partial charge on any atom is -0.481 e. The maximum Gasteiger partial charge on any atom is 0.314 e. The molecule has 12 N–H and O–H groups in total. The highest BCUT2D eigenvalue weighted by molar-refractivity contribution is 5.98. The van der Waals surface area contributed by atoms with E-state index in [0.29, 0.717) is 18.4 Å². The molecule has 258 valence electrons. The zero-order valence-electron chi connectivity index (χ0n) is 26.1. The van der Waals surface area contributed by atoms with E-state index in [1.165, 1.54) is 7.05 Å². The van der Waals surface area contributed by atoms with Gasteiger partial charge >= 0.3 is 12.0 Å². The Hall–Kier alpha value is -5.42. The number of unbranched alkanes of at least 4 members (excludes halogenated alkanes) is 1. The zero-order chi connectivity index (χ0) is 34.8. The number of amides is 7. The Bertz CT molecular complexity index is 1280. The molecule has 4 atom stereocenters. The number of benzene rings is 1. The van der Waals surface area contributed by atoms with Gasteiger partial charge in [0.15, 0.2) is 5.96 Å². The van der Waals surface area contributed by atoms with Crippen LogP contribution in [0.3, 0.4) is 0 Å². The normalized spacial score (nSPS) is 20.9. The molecule has 18 heteroatoms. The highest BCUT2D eigenvalue weighted by Crippen LogP contribution is 2.09. The fourth-order valence-electron chi connectivity index (χ4n) is 4.63. The van der Waals surface area contributed by atoms with Gasteiger partial charge in [0, 0.05) is 26.6 Å². The van der Waals surface area contributed by atoms with Crippen LogP contribution in [0.15, 0.2) is 30.3 Å². The summed E-state index contributed by atoms with van der Waals surface area (Å²) in [5.41, 5.74) is 5.97. The SMILES string of the molecule is CNC(=O)NCCCC[C@H]1NC(=O)[C@H](Cc2ccccc2)NC(=O)[C@@H](CC(=O)O)NC(=O)CNC(=O)[C@@H](CCCNC(=N)N)NC1=O. The smallest absolute Gasteiger partial charge is 0.314 e. The van der Waals surface area contributed by atoms with Crippen LogP contribution in [-0.4, -0.2) is 103 Å². The summed E-state index contributed by atoms with van der Waals surface area (Å²) in [7, 11) is 1.47. The average Bonchev–Trinajstić information content (AvgIpc) is 3.03. The fraction of sp³-hybridized carbons (Fsp3) is 0.517. The summed E-state index contributed by atoms with van der Waals surface area (Å²) in [6.07, 6.45) is 0.436. The number of rotatable bonds is 13. The summed E-state index contributed by atoms with van der Waals surface area (Å²) in [6, 6.07) is 3.08. The number of nitrogens with two attached hydrogens (primary N) is 1. The summed E-state index contributed by atoms with van der Waals surface area (Å²) >= 11 is 0. The molecular formula is C29H44N10O8. The minimum atomic E-state index is -1.58. The number of carboxylic acid groups (broad SMARTS) is 1. The van der Waals surface area contributed by atoms with Crippen LogP contribution in [0.2, 0.25) is 0 Å². The number of urea groups is 1. The highest BCUT2D eigenvalue weighted by Gasteiger charge is 2.33. The Morgan fingerprint density at radius 1 is 0.809 bits per heavy atom. The molecule has 0 unspecified atom stereocenters. The number of carbonyl (C=O) groups excluding carboxylic acids is 6. The number of carboxylic acids is 1.